The molecule has 0 saturated carbocycles. The van der Waals surface area contributed by atoms with Crippen molar-refractivity contribution >= 4 is 39.4 Å². The number of amides is 1. The van der Waals surface area contributed by atoms with E-state index in [9.17, 15) is 9.59 Å². The highest BCUT2D eigenvalue weighted by atomic mass is 79.9. The number of carboxylic acids is 1. The van der Waals surface area contributed by atoms with Gasteiger partial charge in [0.2, 0.25) is 0 Å². The molecule has 0 spiro atoms. The zero-order valence-electron chi connectivity index (χ0n) is 15.3. The maximum absolute atomic E-state index is 11.9. The molecule has 0 aliphatic rings. The molecule has 0 radical (unpaired) electrons. The number of carbonyl (C=O) groups excluding carboxylic acids is 1. The van der Waals surface area contributed by atoms with Gasteiger partial charge in [0, 0.05) is 18.9 Å². The Morgan fingerprint density at radius 1 is 1.10 bits per heavy atom. The molecule has 3 aromatic rings. The number of aromatic nitrogens is 2. The second kappa shape index (κ2) is 11.1. The summed E-state index contributed by atoms with van der Waals surface area (Å²) in [6, 6.07) is 13.8. The van der Waals surface area contributed by atoms with E-state index in [1.165, 1.54) is 18.5 Å². The van der Waals surface area contributed by atoms with Gasteiger partial charge in [-0.15, -0.1) is 0 Å². The lowest BCUT2D eigenvalue weighted by Crippen LogP contribution is -2.22. The molecule has 9 heteroatoms. The second-order valence-electron chi connectivity index (χ2n) is 5.58. The predicted molar refractivity (Wildman–Crippen MR) is 112 cm³/mol. The SMILES string of the molecule is COc1cccc(CNC(=O)c2ccc(Cl)nc2)c1.O=C(O)c1ccc(Br)nc1. The minimum absolute atomic E-state index is 0.188. The molecule has 0 atom stereocenters. The van der Waals surface area contributed by atoms with Crippen LogP contribution in [-0.2, 0) is 6.54 Å². The molecule has 2 heterocycles. The van der Waals surface area contributed by atoms with Crippen molar-refractivity contribution in [1.82, 2.24) is 15.3 Å². The maximum atomic E-state index is 11.9. The third-order valence-electron chi connectivity index (χ3n) is 3.55. The Balaban J connectivity index is 0.000000253. The zero-order valence-corrected chi connectivity index (χ0v) is 17.6. The second-order valence-corrected chi connectivity index (χ2v) is 6.78. The number of ether oxygens (including phenoxy) is 1. The number of halogens is 2. The molecule has 0 aliphatic carbocycles. The molecule has 0 bridgehead atoms. The van der Waals surface area contributed by atoms with Crippen molar-refractivity contribution in [2.24, 2.45) is 0 Å². The van der Waals surface area contributed by atoms with E-state index in [1.54, 1.807) is 25.3 Å². The van der Waals surface area contributed by atoms with Gasteiger partial charge in [0.25, 0.3) is 5.91 Å². The number of benzene rings is 1. The number of carbonyl (C=O) groups is 2. The van der Waals surface area contributed by atoms with Gasteiger partial charge in [0.05, 0.1) is 18.2 Å². The number of pyridine rings is 2. The summed E-state index contributed by atoms with van der Waals surface area (Å²) in [7, 11) is 1.61. The van der Waals surface area contributed by atoms with E-state index in [-0.39, 0.29) is 11.5 Å². The standard InChI is InChI=1S/C14H13ClN2O2.C6H4BrNO2/c1-19-12-4-2-3-10(7-12)8-17-14(18)11-5-6-13(15)16-9-11;7-5-2-1-4(3-8-5)6(9)10/h2-7,9H,8H2,1H3,(H,17,18);1-3H,(H,9,10). The minimum atomic E-state index is -0.958. The van der Waals surface area contributed by atoms with Gasteiger partial charge in [-0.25, -0.2) is 14.8 Å². The van der Waals surface area contributed by atoms with Gasteiger partial charge >= 0.3 is 5.97 Å². The first kappa shape index (κ1) is 22.3. The minimum Gasteiger partial charge on any atom is -0.497 e. The number of rotatable bonds is 5. The first-order valence-electron chi connectivity index (χ1n) is 8.26. The molecule has 29 heavy (non-hydrogen) atoms. The average Bonchev–Trinajstić information content (AvgIpc) is 2.73. The van der Waals surface area contributed by atoms with Crippen LogP contribution in [0, 0.1) is 0 Å². The summed E-state index contributed by atoms with van der Waals surface area (Å²) in [4.78, 5) is 29.7. The number of nitrogens with one attached hydrogen (secondary N) is 1. The van der Waals surface area contributed by atoms with Crippen molar-refractivity contribution in [2.45, 2.75) is 6.54 Å². The van der Waals surface area contributed by atoms with Crippen molar-refractivity contribution in [3.63, 3.8) is 0 Å². The zero-order chi connectivity index (χ0) is 21.2. The lowest BCUT2D eigenvalue weighted by Gasteiger charge is -2.06. The molecule has 1 amide bonds. The Morgan fingerprint density at radius 3 is 2.41 bits per heavy atom. The smallest absolute Gasteiger partial charge is 0.337 e. The highest BCUT2D eigenvalue weighted by Gasteiger charge is 2.06. The van der Waals surface area contributed by atoms with E-state index >= 15 is 0 Å². The van der Waals surface area contributed by atoms with Crippen LogP contribution in [-0.4, -0.2) is 34.1 Å². The molecule has 7 nitrogen and oxygen atoms in total. The molecular formula is C20H17BrClN3O4. The van der Waals surface area contributed by atoms with Gasteiger partial charge in [0.1, 0.15) is 15.5 Å². The number of hydrogen-bond donors (Lipinski definition) is 2. The van der Waals surface area contributed by atoms with Gasteiger partial charge in [-0.05, 0) is 57.9 Å². The van der Waals surface area contributed by atoms with Gasteiger partial charge < -0.3 is 15.2 Å². The summed E-state index contributed by atoms with van der Waals surface area (Å²) in [5.41, 5.74) is 1.64. The highest BCUT2D eigenvalue weighted by molar-refractivity contribution is 9.10. The van der Waals surface area contributed by atoms with Crippen LogP contribution >= 0.6 is 27.5 Å². The molecule has 0 fully saturated rings. The molecule has 0 unspecified atom stereocenters. The summed E-state index contributed by atoms with van der Waals surface area (Å²) in [6.45, 7) is 0.429. The van der Waals surface area contributed by atoms with Crippen LogP contribution in [0.15, 0.2) is 65.5 Å². The summed E-state index contributed by atoms with van der Waals surface area (Å²) < 4.78 is 5.76. The van der Waals surface area contributed by atoms with Gasteiger partial charge in [0.15, 0.2) is 0 Å². The van der Waals surface area contributed by atoms with Gasteiger partial charge in [-0.2, -0.15) is 0 Å². The van der Waals surface area contributed by atoms with Crippen molar-refractivity contribution in [2.75, 3.05) is 7.11 Å². The largest absolute Gasteiger partial charge is 0.497 e. The van der Waals surface area contributed by atoms with Crippen molar-refractivity contribution < 1.29 is 19.4 Å². The molecule has 2 aromatic heterocycles. The van der Waals surface area contributed by atoms with E-state index in [1.807, 2.05) is 24.3 Å². The molecule has 0 aliphatic heterocycles. The highest BCUT2D eigenvalue weighted by Crippen LogP contribution is 2.12. The van der Waals surface area contributed by atoms with E-state index in [2.05, 4.69) is 31.2 Å². The third kappa shape index (κ3) is 7.52. The molecule has 0 saturated heterocycles. The Morgan fingerprint density at radius 2 is 1.83 bits per heavy atom. The Bertz CT molecular complexity index is 966. The average molecular weight is 479 g/mol. The molecule has 1 aromatic carbocycles. The molecular weight excluding hydrogens is 462 g/mol. The van der Waals surface area contributed by atoms with Crippen LogP contribution in [0.5, 0.6) is 5.75 Å². The summed E-state index contributed by atoms with van der Waals surface area (Å²) in [5, 5.41) is 11.6. The van der Waals surface area contributed by atoms with Crippen LogP contribution in [0.1, 0.15) is 26.3 Å². The van der Waals surface area contributed by atoms with Crippen LogP contribution in [0.2, 0.25) is 5.15 Å². The number of hydrogen-bond acceptors (Lipinski definition) is 5. The van der Waals surface area contributed by atoms with Crippen LogP contribution in [0.25, 0.3) is 0 Å². The van der Waals surface area contributed by atoms with Crippen LogP contribution in [0.4, 0.5) is 0 Å². The monoisotopic (exact) mass is 477 g/mol. The van der Waals surface area contributed by atoms with Crippen LogP contribution in [0.3, 0.4) is 0 Å². The van der Waals surface area contributed by atoms with E-state index in [0.717, 1.165) is 11.3 Å². The van der Waals surface area contributed by atoms with E-state index in [4.69, 9.17) is 21.4 Å². The van der Waals surface area contributed by atoms with Crippen molar-refractivity contribution in [3.8, 4) is 5.75 Å². The first-order valence-corrected chi connectivity index (χ1v) is 9.43. The lowest BCUT2D eigenvalue weighted by molar-refractivity contribution is 0.0696. The number of nitrogens with zero attached hydrogens (tertiary/aromatic N) is 2. The quantitative estimate of drug-likeness (QED) is 0.533. The van der Waals surface area contributed by atoms with Crippen molar-refractivity contribution in [1.29, 1.82) is 0 Å². The normalized spacial score (nSPS) is 9.76. The Kier molecular flexibility index (Phi) is 8.57. The molecule has 3 rings (SSSR count). The van der Waals surface area contributed by atoms with Gasteiger partial charge in [-0.3, -0.25) is 4.79 Å². The number of methoxy groups -OCH3 is 1. The Hall–Kier alpha value is -2.97. The van der Waals surface area contributed by atoms with Crippen LogP contribution < -0.4 is 10.1 Å². The summed E-state index contributed by atoms with van der Waals surface area (Å²) in [5.74, 6) is -0.383. The Labute approximate surface area is 180 Å². The van der Waals surface area contributed by atoms with Crippen molar-refractivity contribution in [3.05, 3.63) is 87.4 Å². The fourth-order valence-corrected chi connectivity index (χ4v) is 2.43. The number of aromatic carboxylic acids is 1. The van der Waals surface area contributed by atoms with Gasteiger partial charge in [-0.1, -0.05) is 23.7 Å². The fourth-order valence-electron chi connectivity index (χ4n) is 2.08. The predicted octanol–water partition coefficient (Wildman–Crippen LogP) is 4.22. The topological polar surface area (TPSA) is 101 Å². The van der Waals surface area contributed by atoms with E-state index < -0.39 is 5.97 Å². The summed E-state index contributed by atoms with van der Waals surface area (Å²) >= 11 is 8.76. The van der Waals surface area contributed by atoms with E-state index in [0.29, 0.717) is 21.9 Å². The first-order chi connectivity index (χ1) is 13.9. The number of carboxylic acid groups (broad SMARTS) is 1. The summed E-state index contributed by atoms with van der Waals surface area (Å²) in [6.07, 6.45) is 2.75. The molecule has 2 N–H and O–H groups in total. The lowest BCUT2D eigenvalue weighted by atomic mass is 10.2. The third-order valence-corrected chi connectivity index (χ3v) is 4.24. The maximum Gasteiger partial charge on any atom is 0.337 e. The fraction of sp³-hybridized carbons (Fsp3) is 0.100. The molecule has 150 valence electrons.